The smallest absolute Gasteiger partial charge is 0.340 e. The minimum Gasteiger partial charge on any atom is -0.462 e. The van der Waals surface area contributed by atoms with Crippen LogP contribution in [0, 0.1) is 10.1 Å². The van der Waals surface area contributed by atoms with E-state index in [1.54, 1.807) is 30.3 Å². The zero-order valence-corrected chi connectivity index (χ0v) is 20.2. The molecular weight excluding hydrogens is 468 g/mol. The number of carbonyl (C=O) groups excluding carboxylic acids is 2. The molecule has 1 N–H and O–H groups in total. The lowest BCUT2D eigenvalue weighted by Crippen LogP contribution is -2.37. The molecule has 2 aromatic carbocycles. The molecule has 0 spiro atoms. The number of esters is 1. The fraction of sp³-hybridized carbons (Fsp3) is 0.440. The summed E-state index contributed by atoms with van der Waals surface area (Å²) in [6.45, 7) is 6.65. The molecule has 0 bridgehead atoms. The normalized spacial score (nSPS) is 15.9. The number of nitrogens with zero attached hydrogens (tertiary/aromatic N) is 3. The second-order valence-electron chi connectivity index (χ2n) is 8.48. The highest BCUT2D eigenvalue weighted by molar-refractivity contribution is 6.06. The van der Waals surface area contributed by atoms with Crippen LogP contribution in [0.5, 0.6) is 0 Å². The van der Waals surface area contributed by atoms with Crippen molar-refractivity contribution in [2.45, 2.75) is 13.3 Å². The van der Waals surface area contributed by atoms with Crippen molar-refractivity contribution >= 4 is 34.6 Å². The summed E-state index contributed by atoms with van der Waals surface area (Å²) in [6, 6.07) is 9.48. The number of carbonyl (C=O) groups is 2. The predicted molar refractivity (Wildman–Crippen MR) is 134 cm³/mol. The van der Waals surface area contributed by atoms with Crippen molar-refractivity contribution in [3.63, 3.8) is 0 Å². The summed E-state index contributed by atoms with van der Waals surface area (Å²) < 4.78 is 16.1. The van der Waals surface area contributed by atoms with Crippen LogP contribution in [0.3, 0.4) is 0 Å². The first-order chi connectivity index (χ1) is 17.5. The minimum absolute atomic E-state index is 0.143. The highest BCUT2D eigenvalue weighted by atomic mass is 16.6. The fourth-order valence-electron chi connectivity index (χ4n) is 4.22. The van der Waals surface area contributed by atoms with E-state index in [0.717, 1.165) is 0 Å². The molecule has 2 heterocycles. The van der Waals surface area contributed by atoms with Crippen molar-refractivity contribution in [3.05, 3.63) is 57.6 Å². The zero-order chi connectivity index (χ0) is 25.5. The van der Waals surface area contributed by atoms with Crippen LogP contribution < -0.4 is 15.1 Å². The molecular formula is C25H30N4O7. The Kier molecular flexibility index (Phi) is 8.34. The highest BCUT2D eigenvalue weighted by Gasteiger charge is 2.24. The van der Waals surface area contributed by atoms with Gasteiger partial charge in [0.05, 0.1) is 49.2 Å². The molecule has 2 aromatic rings. The zero-order valence-electron chi connectivity index (χ0n) is 20.2. The van der Waals surface area contributed by atoms with Crippen molar-refractivity contribution in [3.8, 4) is 0 Å². The number of amides is 1. The van der Waals surface area contributed by atoms with Gasteiger partial charge in [-0.15, -0.1) is 0 Å². The van der Waals surface area contributed by atoms with Crippen LogP contribution in [-0.2, 0) is 14.2 Å². The van der Waals surface area contributed by atoms with E-state index in [1.165, 1.54) is 6.07 Å². The second-order valence-corrected chi connectivity index (χ2v) is 8.48. The van der Waals surface area contributed by atoms with Gasteiger partial charge in [0.2, 0.25) is 0 Å². The number of nitro groups is 1. The molecule has 2 aliphatic heterocycles. The third kappa shape index (κ3) is 5.92. The van der Waals surface area contributed by atoms with Gasteiger partial charge in [0, 0.05) is 43.5 Å². The Morgan fingerprint density at radius 2 is 1.58 bits per heavy atom. The Labute approximate surface area is 209 Å². The first-order valence-electron chi connectivity index (χ1n) is 12.0. The van der Waals surface area contributed by atoms with Crippen molar-refractivity contribution < 1.29 is 28.7 Å². The minimum atomic E-state index is -0.515. The molecule has 4 rings (SSSR count). The van der Waals surface area contributed by atoms with Crippen molar-refractivity contribution in [2.75, 3.05) is 74.3 Å². The van der Waals surface area contributed by atoms with Crippen LogP contribution >= 0.6 is 0 Å². The third-order valence-electron chi connectivity index (χ3n) is 6.05. The lowest BCUT2D eigenvalue weighted by atomic mass is 10.1. The molecule has 0 saturated carbocycles. The maximum Gasteiger partial charge on any atom is 0.340 e. The van der Waals surface area contributed by atoms with E-state index >= 15 is 0 Å². The summed E-state index contributed by atoms with van der Waals surface area (Å²) in [5.41, 5.74) is 1.90. The fourth-order valence-corrected chi connectivity index (χ4v) is 4.22. The SMILES string of the molecule is CCCOC(=O)c1cc(NC(=O)c2ccc(N3CCOCC3)c([N+](=O)[O-])c2)ccc1N1CCOCC1. The standard InChI is InChI=1S/C25H30N4O7/c1-2-11-36-25(31)20-17-19(4-6-21(20)27-7-12-34-13-8-27)26-24(30)18-3-5-22(23(16-18)29(32)33)28-9-14-35-15-10-28/h3-6,16-17H,2,7-15H2,1H3,(H,26,30). The molecule has 0 aliphatic carbocycles. The first-order valence-corrected chi connectivity index (χ1v) is 12.0. The van der Waals surface area contributed by atoms with Gasteiger partial charge in [-0.2, -0.15) is 0 Å². The van der Waals surface area contributed by atoms with Gasteiger partial charge < -0.3 is 29.3 Å². The van der Waals surface area contributed by atoms with E-state index in [0.29, 0.717) is 81.7 Å². The van der Waals surface area contributed by atoms with Crippen LogP contribution in [0.1, 0.15) is 34.1 Å². The van der Waals surface area contributed by atoms with Gasteiger partial charge in [0.1, 0.15) is 5.69 Å². The summed E-state index contributed by atoms with van der Waals surface area (Å²) in [5, 5.41) is 14.5. The number of nitro benzene ring substituents is 1. The van der Waals surface area contributed by atoms with Crippen LogP contribution in [0.2, 0.25) is 0 Å². The number of rotatable bonds is 8. The Morgan fingerprint density at radius 3 is 2.19 bits per heavy atom. The van der Waals surface area contributed by atoms with Gasteiger partial charge in [-0.25, -0.2) is 4.79 Å². The van der Waals surface area contributed by atoms with Crippen LogP contribution in [0.4, 0.5) is 22.7 Å². The highest BCUT2D eigenvalue weighted by Crippen LogP contribution is 2.31. The van der Waals surface area contributed by atoms with Gasteiger partial charge in [-0.3, -0.25) is 14.9 Å². The van der Waals surface area contributed by atoms with E-state index < -0.39 is 16.8 Å². The molecule has 0 aromatic heterocycles. The summed E-state index contributed by atoms with van der Waals surface area (Å²) in [4.78, 5) is 41.0. The molecule has 11 heteroatoms. The predicted octanol–water partition coefficient (Wildman–Crippen LogP) is 3.09. The van der Waals surface area contributed by atoms with E-state index in [-0.39, 0.29) is 17.9 Å². The Morgan fingerprint density at radius 1 is 0.972 bits per heavy atom. The molecule has 2 aliphatic rings. The molecule has 0 atom stereocenters. The lowest BCUT2D eigenvalue weighted by molar-refractivity contribution is -0.384. The maximum absolute atomic E-state index is 13.0. The average molecular weight is 499 g/mol. The van der Waals surface area contributed by atoms with E-state index in [2.05, 4.69) is 5.32 Å². The van der Waals surface area contributed by atoms with Crippen molar-refractivity contribution in [1.82, 2.24) is 0 Å². The largest absolute Gasteiger partial charge is 0.462 e. The number of nitrogens with one attached hydrogen (secondary N) is 1. The topological polar surface area (TPSA) is 123 Å². The van der Waals surface area contributed by atoms with Gasteiger partial charge in [-0.05, 0) is 36.8 Å². The lowest BCUT2D eigenvalue weighted by Gasteiger charge is -2.30. The molecule has 2 fully saturated rings. The summed E-state index contributed by atoms with van der Waals surface area (Å²) >= 11 is 0. The number of morpholine rings is 2. The molecule has 192 valence electrons. The number of hydrogen-bond acceptors (Lipinski definition) is 9. The van der Waals surface area contributed by atoms with E-state index in [4.69, 9.17) is 14.2 Å². The van der Waals surface area contributed by atoms with Crippen molar-refractivity contribution in [1.29, 1.82) is 0 Å². The quantitative estimate of drug-likeness (QED) is 0.332. The van der Waals surface area contributed by atoms with Gasteiger partial charge >= 0.3 is 5.97 Å². The molecule has 0 radical (unpaired) electrons. The molecule has 2 saturated heterocycles. The van der Waals surface area contributed by atoms with Crippen LogP contribution in [0.15, 0.2) is 36.4 Å². The molecule has 36 heavy (non-hydrogen) atoms. The Balaban J connectivity index is 1.57. The maximum atomic E-state index is 13.0. The van der Waals surface area contributed by atoms with Gasteiger partial charge in [0.15, 0.2) is 0 Å². The van der Waals surface area contributed by atoms with Gasteiger partial charge in [-0.1, -0.05) is 6.92 Å². The summed E-state index contributed by atoms with van der Waals surface area (Å²) in [6.07, 6.45) is 0.689. The summed E-state index contributed by atoms with van der Waals surface area (Å²) in [5.74, 6) is -0.987. The Hall–Kier alpha value is -3.70. The van der Waals surface area contributed by atoms with Crippen molar-refractivity contribution in [2.24, 2.45) is 0 Å². The molecule has 0 unspecified atom stereocenters. The van der Waals surface area contributed by atoms with E-state index in [9.17, 15) is 19.7 Å². The Bertz CT molecular complexity index is 1110. The van der Waals surface area contributed by atoms with Crippen LogP contribution in [-0.4, -0.2) is 76.0 Å². The monoisotopic (exact) mass is 498 g/mol. The number of anilines is 3. The number of ether oxygens (including phenoxy) is 3. The van der Waals surface area contributed by atoms with Crippen LogP contribution in [0.25, 0.3) is 0 Å². The first kappa shape index (κ1) is 25.4. The third-order valence-corrected chi connectivity index (χ3v) is 6.05. The van der Waals surface area contributed by atoms with E-state index in [1.807, 2.05) is 16.7 Å². The second kappa shape index (κ2) is 11.8. The number of hydrogen-bond donors (Lipinski definition) is 1. The van der Waals surface area contributed by atoms with Gasteiger partial charge in [0.25, 0.3) is 11.6 Å². The molecule has 1 amide bonds. The number of benzene rings is 2. The average Bonchev–Trinajstić information content (AvgIpc) is 2.92. The summed E-state index contributed by atoms with van der Waals surface area (Å²) in [7, 11) is 0. The molecule has 11 nitrogen and oxygen atoms in total.